The number of anilines is 1. The number of Topliss-reactive ketones (excluding diaryl/α,β-unsaturated/α-hetero) is 1. The lowest BCUT2D eigenvalue weighted by atomic mass is 9.83. The molecule has 1 saturated heterocycles. The summed E-state index contributed by atoms with van der Waals surface area (Å²) in [7, 11) is 0. The molecule has 1 aromatic heterocycles. The maximum atomic E-state index is 13.5. The SMILES string of the molecule is Cc1c(C(=O)N2CCN(c3ccccc3)CC2)oc2ccc3c(c12)C(=O)CC1(CCCCCC1)O3. The molecule has 182 valence electrons. The Labute approximate surface area is 205 Å². The summed E-state index contributed by atoms with van der Waals surface area (Å²) >= 11 is 0. The molecule has 1 spiro atoms. The quantitative estimate of drug-likeness (QED) is 0.474. The van der Waals surface area contributed by atoms with E-state index < -0.39 is 0 Å². The van der Waals surface area contributed by atoms with Crippen molar-refractivity contribution in [3.05, 3.63) is 59.4 Å². The predicted octanol–water partition coefficient (Wildman–Crippen LogP) is 5.76. The topological polar surface area (TPSA) is 63.0 Å². The maximum absolute atomic E-state index is 13.5. The minimum absolute atomic E-state index is 0.107. The highest BCUT2D eigenvalue weighted by Crippen LogP contribution is 2.45. The third-order valence-corrected chi connectivity index (χ3v) is 8.04. The van der Waals surface area contributed by atoms with Crippen LogP contribution in [-0.2, 0) is 0 Å². The predicted molar refractivity (Wildman–Crippen MR) is 136 cm³/mol. The van der Waals surface area contributed by atoms with Crippen molar-refractivity contribution in [1.29, 1.82) is 0 Å². The molecular formula is C29H32N2O4. The number of piperazine rings is 1. The molecule has 3 aliphatic rings. The van der Waals surface area contributed by atoms with Crippen molar-refractivity contribution in [2.75, 3.05) is 31.1 Å². The molecule has 0 atom stereocenters. The molecule has 3 aromatic rings. The minimum Gasteiger partial charge on any atom is -0.486 e. The van der Waals surface area contributed by atoms with Gasteiger partial charge < -0.3 is 19.0 Å². The van der Waals surface area contributed by atoms with Crippen molar-refractivity contribution < 1.29 is 18.7 Å². The molecule has 2 fully saturated rings. The number of hydrogen-bond acceptors (Lipinski definition) is 5. The number of hydrogen-bond donors (Lipinski definition) is 0. The van der Waals surface area contributed by atoms with Gasteiger partial charge in [-0.05, 0) is 56.9 Å². The van der Waals surface area contributed by atoms with Gasteiger partial charge in [0, 0.05) is 42.8 Å². The third-order valence-electron chi connectivity index (χ3n) is 8.04. The molecule has 1 aliphatic carbocycles. The van der Waals surface area contributed by atoms with Gasteiger partial charge in [0.25, 0.3) is 5.91 Å². The summed E-state index contributed by atoms with van der Waals surface area (Å²) in [5, 5.41) is 0.738. The molecule has 6 nitrogen and oxygen atoms in total. The minimum atomic E-state index is -0.372. The van der Waals surface area contributed by atoms with E-state index in [2.05, 4.69) is 17.0 Å². The first-order valence-electron chi connectivity index (χ1n) is 12.9. The number of amides is 1. The van der Waals surface area contributed by atoms with Gasteiger partial charge in [-0.25, -0.2) is 0 Å². The zero-order valence-corrected chi connectivity index (χ0v) is 20.3. The van der Waals surface area contributed by atoms with Crippen molar-refractivity contribution in [2.24, 2.45) is 0 Å². The van der Waals surface area contributed by atoms with Crippen LogP contribution in [0.5, 0.6) is 5.75 Å². The van der Waals surface area contributed by atoms with Gasteiger partial charge in [0.1, 0.15) is 16.9 Å². The molecule has 35 heavy (non-hydrogen) atoms. The van der Waals surface area contributed by atoms with E-state index in [9.17, 15) is 9.59 Å². The smallest absolute Gasteiger partial charge is 0.290 e. The normalized spacial score (nSPS) is 20.0. The Morgan fingerprint density at radius 2 is 1.63 bits per heavy atom. The number of aryl methyl sites for hydroxylation is 1. The highest BCUT2D eigenvalue weighted by molar-refractivity contribution is 6.13. The standard InChI is InChI=1S/C29H32N2O4/c1-20-25-23(11-12-24-26(25)22(32)19-29(35-24)13-7-2-3-8-14-29)34-27(20)28(33)31-17-15-30(16-18-31)21-9-5-4-6-10-21/h4-6,9-12H,2-3,7-8,13-19H2,1H3. The molecule has 0 N–H and O–H groups in total. The summed E-state index contributed by atoms with van der Waals surface area (Å²) in [6, 6.07) is 14.0. The van der Waals surface area contributed by atoms with Crippen LogP contribution in [0.25, 0.3) is 11.0 Å². The first kappa shape index (κ1) is 22.2. The van der Waals surface area contributed by atoms with Crippen LogP contribution >= 0.6 is 0 Å². The Bertz CT molecular complexity index is 1260. The lowest BCUT2D eigenvalue weighted by Gasteiger charge is -2.37. The van der Waals surface area contributed by atoms with Crippen LogP contribution < -0.4 is 9.64 Å². The number of rotatable bonds is 2. The van der Waals surface area contributed by atoms with Crippen molar-refractivity contribution in [3.63, 3.8) is 0 Å². The Kier molecular flexibility index (Phi) is 5.54. The van der Waals surface area contributed by atoms with Gasteiger partial charge >= 0.3 is 0 Å². The third kappa shape index (κ3) is 3.89. The van der Waals surface area contributed by atoms with E-state index in [1.165, 1.54) is 18.5 Å². The number of carbonyl (C=O) groups excluding carboxylic acids is 2. The van der Waals surface area contributed by atoms with Gasteiger partial charge in [-0.1, -0.05) is 31.0 Å². The summed E-state index contributed by atoms with van der Waals surface area (Å²) in [6.45, 7) is 4.71. The van der Waals surface area contributed by atoms with Gasteiger partial charge in [0.15, 0.2) is 11.5 Å². The van der Waals surface area contributed by atoms with Gasteiger partial charge in [0.2, 0.25) is 0 Å². The zero-order valence-electron chi connectivity index (χ0n) is 20.3. The molecular weight excluding hydrogens is 440 g/mol. The maximum Gasteiger partial charge on any atom is 0.290 e. The second-order valence-corrected chi connectivity index (χ2v) is 10.3. The average molecular weight is 473 g/mol. The van der Waals surface area contributed by atoms with Crippen LogP contribution in [0.2, 0.25) is 0 Å². The highest BCUT2D eigenvalue weighted by atomic mass is 16.5. The average Bonchev–Trinajstić information content (AvgIpc) is 3.06. The number of ketones is 1. The van der Waals surface area contributed by atoms with Gasteiger partial charge in [-0.3, -0.25) is 9.59 Å². The number of furan rings is 1. The van der Waals surface area contributed by atoms with Crippen LogP contribution in [0.4, 0.5) is 5.69 Å². The lowest BCUT2D eigenvalue weighted by molar-refractivity contribution is 0.0301. The van der Waals surface area contributed by atoms with Crippen molar-refractivity contribution in [3.8, 4) is 5.75 Å². The van der Waals surface area contributed by atoms with E-state index in [1.807, 2.05) is 42.2 Å². The monoisotopic (exact) mass is 472 g/mol. The molecule has 6 heteroatoms. The molecule has 2 aromatic carbocycles. The number of benzene rings is 2. The summed E-state index contributed by atoms with van der Waals surface area (Å²) in [4.78, 5) is 31.1. The lowest BCUT2D eigenvalue weighted by Crippen LogP contribution is -2.48. The van der Waals surface area contributed by atoms with Crippen LogP contribution in [0, 0.1) is 6.92 Å². The van der Waals surface area contributed by atoms with Crippen molar-refractivity contribution in [1.82, 2.24) is 4.90 Å². The fraction of sp³-hybridized carbons (Fsp3) is 0.448. The molecule has 0 bridgehead atoms. The van der Waals surface area contributed by atoms with Gasteiger partial charge in [-0.15, -0.1) is 0 Å². The molecule has 6 rings (SSSR count). The highest BCUT2D eigenvalue weighted by Gasteiger charge is 2.42. The van der Waals surface area contributed by atoms with E-state index in [-0.39, 0.29) is 17.3 Å². The second kappa shape index (κ2) is 8.74. The Morgan fingerprint density at radius 1 is 0.914 bits per heavy atom. The molecule has 2 aliphatic heterocycles. The summed E-state index contributed by atoms with van der Waals surface area (Å²) in [6.07, 6.45) is 6.89. The fourth-order valence-corrected chi connectivity index (χ4v) is 6.14. The fourth-order valence-electron chi connectivity index (χ4n) is 6.14. The van der Waals surface area contributed by atoms with E-state index >= 15 is 0 Å². The summed E-state index contributed by atoms with van der Waals surface area (Å²) in [5.41, 5.74) is 2.72. The molecule has 1 amide bonds. The molecule has 0 radical (unpaired) electrons. The summed E-state index contributed by atoms with van der Waals surface area (Å²) < 4.78 is 12.6. The van der Waals surface area contributed by atoms with Crippen molar-refractivity contribution in [2.45, 2.75) is 57.5 Å². The van der Waals surface area contributed by atoms with Crippen LogP contribution in [0.1, 0.15) is 71.4 Å². The first-order chi connectivity index (χ1) is 17.0. The molecule has 3 heterocycles. The Balaban J connectivity index is 1.27. The number of ether oxygens (including phenoxy) is 1. The Hall–Kier alpha value is -3.28. The van der Waals surface area contributed by atoms with Crippen LogP contribution in [-0.4, -0.2) is 48.4 Å². The van der Waals surface area contributed by atoms with E-state index in [0.29, 0.717) is 42.2 Å². The van der Waals surface area contributed by atoms with E-state index in [4.69, 9.17) is 9.15 Å². The number of fused-ring (bicyclic) bond motifs is 3. The van der Waals surface area contributed by atoms with Gasteiger partial charge in [-0.2, -0.15) is 0 Å². The van der Waals surface area contributed by atoms with Crippen LogP contribution in [0.15, 0.2) is 46.9 Å². The van der Waals surface area contributed by atoms with E-state index in [1.54, 1.807) is 0 Å². The number of carbonyl (C=O) groups is 2. The van der Waals surface area contributed by atoms with E-state index in [0.717, 1.165) is 49.7 Å². The zero-order chi connectivity index (χ0) is 24.0. The van der Waals surface area contributed by atoms with Crippen LogP contribution in [0.3, 0.4) is 0 Å². The number of nitrogens with zero attached hydrogens (tertiary/aromatic N) is 2. The molecule has 0 unspecified atom stereocenters. The second-order valence-electron chi connectivity index (χ2n) is 10.3. The summed E-state index contributed by atoms with van der Waals surface area (Å²) in [5.74, 6) is 0.988. The first-order valence-corrected chi connectivity index (χ1v) is 12.9. The number of para-hydroxylation sites is 1. The molecule has 1 saturated carbocycles. The Morgan fingerprint density at radius 3 is 2.34 bits per heavy atom. The largest absolute Gasteiger partial charge is 0.486 e. The van der Waals surface area contributed by atoms with Crippen molar-refractivity contribution >= 4 is 28.3 Å². The van der Waals surface area contributed by atoms with Gasteiger partial charge in [0.05, 0.1) is 12.0 Å².